The Hall–Kier alpha value is -2.04. The molecule has 0 radical (unpaired) electrons. The normalized spacial score (nSPS) is 17.4. The first-order valence-electron chi connectivity index (χ1n) is 8.33. The Morgan fingerprint density at radius 2 is 1.83 bits per heavy atom. The molecular weight excluding hydrogens is 292 g/mol. The number of carbonyl (C=O) groups excluding carboxylic acids is 2. The number of rotatable bonds is 7. The fourth-order valence-corrected chi connectivity index (χ4v) is 3.01. The molecule has 1 atom stereocenters. The van der Waals surface area contributed by atoms with Crippen LogP contribution in [0.3, 0.4) is 0 Å². The van der Waals surface area contributed by atoms with Crippen LogP contribution in [-0.2, 0) is 9.59 Å². The summed E-state index contributed by atoms with van der Waals surface area (Å²) in [6.45, 7) is 6.13. The molecule has 1 heterocycles. The Kier molecular flexibility index (Phi) is 6.02. The number of anilines is 1. The fraction of sp³-hybridized carbons (Fsp3) is 0.556. The van der Waals surface area contributed by atoms with E-state index in [1.54, 1.807) is 12.0 Å². The molecule has 0 unspecified atom stereocenters. The molecule has 0 saturated carbocycles. The lowest BCUT2D eigenvalue weighted by Gasteiger charge is -2.24. The molecule has 5 nitrogen and oxygen atoms in total. The Bertz CT molecular complexity index is 536. The lowest BCUT2D eigenvalue weighted by atomic mass is 10.1. The molecule has 0 spiro atoms. The van der Waals surface area contributed by atoms with Crippen LogP contribution >= 0.6 is 0 Å². The van der Waals surface area contributed by atoms with Crippen molar-refractivity contribution in [1.82, 2.24) is 4.90 Å². The fourth-order valence-electron chi connectivity index (χ4n) is 3.01. The van der Waals surface area contributed by atoms with Crippen molar-refractivity contribution in [2.75, 3.05) is 31.6 Å². The lowest BCUT2D eigenvalue weighted by Crippen LogP contribution is -2.38. The zero-order valence-electron chi connectivity index (χ0n) is 14.2. The molecule has 0 aromatic heterocycles. The van der Waals surface area contributed by atoms with Crippen molar-refractivity contribution in [3.05, 3.63) is 24.3 Å². The summed E-state index contributed by atoms with van der Waals surface area (Å²) >= 11 is 0. The van der Waals surface area contributed by atoms with Crippen LogP contribution in [0.2, 0.25) is 0 Å². The van der Waals surface area contributed by atoms with Crippen LogP contribution in [0, 0.1) is 5.92 Å². The molecule has 1 aromatic rings. The van der Waals surface area contributed by atoms with Crippen LogP contribution in [0.15, 0.2) is 24.3 Å². The van der Waals surface area contributed by atoms with Gasteiger partial charge in [-0.25, -0.2) is 0 Å². The highest BCUT2D eigenvalue weighted by molar-refractivity contribution is 6.00. The molecule has 0 N–H and O–H groups in total. The number of benzene rings is 1. The minimum Gasteiger partial charge on any atom is -0.497 e. The topological polar surface area (TPSA) is 49.9 Å². The number of nitrogens with zero attached hydrogens (tertiary/aromatic N) is 2. The van der Waals surface area contributed by atoms with Gasteiger partial charge < -0.3 is 14.5 Å². The number of ether oxygens (including phenoxy) is 1. The van der Waals surface area contributed by atoms with Crippen molar-refractivity contribution in [3.63, 3.8) is 0 Å². The minimum absolute atomic E-state index is 0.0152. The van der Waals surface area contributed by atoms with E-state index in [0.29, 0.717) is 13.0 Å². The van der Waals surface area contributed by atoms with Gasteiger partial charge in [0.15, 0.2) is 0 Å². The van der Waals surface area contributed by atoms with Crippen molar-refractivity contribution in [1.29, 1.82) is 0 Å². The summed E-state index contributed by atoms with van der Waals surface area (Å²) in [5, 5.41) is 0. The minimum atomic E-state index is -0.234. The number of hydrogen-bond acceptors (Lipinski definition) is 3. The first kappa shape index (κ1) is 17.3. The maximum Gasteiger partial charge on any atom is 0.228 e. The van der Waals surface area contributed by atoms with Gasteiger partial charge in [0.1, 0.15) is 5.75 Å². The SMILES string of the molecule is CCCN(CCC)C(=O)[C@@H]1CC(=O)N(c2ccc(OC)cc2)C1. The van der Waals surface area contributed by atoms with Gasteiger partial charge in [0.2, 0.25) is 11.8 Å². The van der Waals surface area contributed by atoms with Crippen LogP contribution in [-0.4, -0.2) is 43.5 Å². The second-order valence-electron chi connectivity index (χ2n) is 5.93. The third-order valence-corrected chi connectivity index (χ3v) is 4.16. The van der Waals surface area contributed by atoms with E-state index in [2.05, 4.69) is 13.8 Å². The number of methoxy groups -OCH3 is 1. The largest absolute Gasteiger partial charge is 0.497 e. The predicted octanol–water partition coefficient (Wildman–Crippen LogP) is 2.70. The summed E-state index contributed by atoms with van der Waals surface area (Å²) in [7, 11) is 1.61. The van der Waals surface area contributed by atoms with Crippen LogP contribution in [0.1, 0.15) is 33.1 Å². The van der Waals surface area contributed by atoms with Gasteiger partial charge in [0, 0.05) is 31.7 Å². The molecule has 0 bridgehead atoms. The molecule has 1 fully saturated rings. The summed E-state index contributed by atoms with van der Waals surface area (Å²) < 4.78 is 5.14. The van der Waals surface area contributed by atoms with Crippen molar-refractivity contribution in [2.45, 2.75) is 33.1 Å². The number of hydrogen-bond donors (Lipinski definition) is 0. The maximum atomic E-state index is 12.7. The van der Waals surface area contributed by atoms with Gasteiger partial charge >= 0.3 is 0 Å². The summed E-state index contributed by atoms with van der Waals surface area (Å²) in [5.74, 6) is 0.646. The van der Waals surface area contributed by atoms with E-state index >= 15 is 0 Å². The molecule has 1 aromatic carbocycles. The molecule has 1 aliphatic heterocycles. The quantitative estimate of drug-likeness (QED) is 0.776. The summed E-state index contributed by atoms with van der Waals surface area (Å²) in [4.78, 5) is 28.6. The molecule has 5 heteroatoms. The average molecular weight is 318 g/mol. The summed E-state index contributed by atoms with van der Waals surface area (Å²) in [5.41, 5.74) is 0.823. The summed E-state index contributed by atoms with van der Waals surface area (Å²) in [6, 6.07) is 7.38. The Morgan fingerprint density at radius 1 is 1.22 bits per heavy atom. The maximum absolute atomic E-state index is 12.7. The zero-order chi connectivity index (χ0) is 16.8. The molecular formula is C18H26N2O3. The molecule has 23 heavy (non-hydrogen) atoms. The molecule has 126 valence electrons. The van der Waals surface area contributed by atoms with E-state index in [-0.39, 0.29) is 17.7 Å². The molecule has 1 aliphatic rings. The van der Waals surface area contributed by atoms with E-state index in [0.717, 1.165) is 37.4 Å². The van der Waals surface area contributed by atoms with E-state index in [4.69, 9.17) is 4.74 Å². The Labute approximate surface area is 138 Å². The first-order chi connectivity index (χ1) is 11.1. The van der Waals surface area contributed by atoms with Gasteiger partial charge in [-0.2, -0.15) is 0 Å². The van der Waals surface area contributed by atoms with Gasteiger partial charge in [0.05, 0.1) is 13.0 Å². The first-order valence-corrected chi connectivity index (χ1v) is 8.33. The van der Waals surface area contributed by atoms with Crippen LogP contribution in [0.4, 0.5) is 5.69 Å². The highest BCUT2D eigenvalue weighted by Crippen LogP contribution is 2.27. The number of carbonyl (C=O) groups is 2. The second-order valence-corrected chi connectivity index (χ2v) is 5.93. The molecule has 0 aliphatic carbocycles. The van der Waals surface area contributed by atoms with Gasteiger partial charge in [-0.15, -0.1) is 0 Å². The van der Waals surface area contributed by atoms with Crippen LogP contribution < -0.4 is 9.64 Å². The molecule has 1 saturated heterocycles. The highest BCUT2D eigenvalue weighted by atomic mass is 16.5. The standard InChI is InChI=1S/C18H26N2O3/c1-4-10-19(11-5-2)18(22)14-12-17(21)20(13-14)15-6-8-16(23-3)9-7-15/h6-9,14H,4-5,10-13H2,1-3H3/t14-/m1/s1. The van der Waals surface area contributed by atoms with Crippen LogP contribution in [0.25, 0.3) is 0 Å². The van der Waals surface area contributed by atoms with Crippen molar-refractivity contribution in [3.8, 4) is 5.75 Å². The van der Waals surface area contributed by atoms with E-state index < -0.39 is 0 Å². The predicted molar refractivity (Wildman–Crippen MR) is 90.6 cm³/mol. The second kappa shape index (κ2) is 7.99. The number of amides is 2. The Balaban J connectivity index is 2.07. The van der Waals surface area contributed by atoms with Gasteiger partial charge in [0.25, 0.3) is 0 Å². The monoisotopic (exact) mass is 318 g/mol. The van der Waals surface area contributed by atoms with E-state index in [9.17, 15) is 9.59 Å². The smallest absolute Gasteiger partial charge is 0.228 e. The van der Waals surface area contributed by atoms with Crippen LogP contribution in [0.5, 0.6) is 5.75 Å². The van der Waals surface area contributed by atoms with E-state index in [1.807, 2.05) is 29.2 Å². The van der Waals surface area contributed by atoms with Crippen molar-refractivity contribution < 1.29 is 14.3 Å². The van der Waals surface area contributed by atoms with Gasteiger partial charge in [-0.1, -0.05) is 13.8 Å². The highest BCUT2D eigenvalue weighted by Gasteiger charge is 2.36. The lowest BCUT2D eigenvalue weighted by molar-refractivity contribution is -0.135. The third kappa shape index (κ3) is 4.03. The van der Waals surface area contributed by atoms with Gasteiger partial charge in [-0.3, -0.25) is 9.59 Å². The summed E-state index contributed by atoms with van der Waals surface area (Å²) in [6.07, 6.45) is 2.18. The molecule has 2 rings (SSSR count). The van der Waals surface area contributed by atoms with Crippen molar-refractivity contribution >= 4 is 17.5 Å². The van der Waals surface area contributed by atoms with Crippen molar-refractivity contribution in [2.24, 2.45) is 5.92 Å². The third-order valence-electron chi connectivity index (χ3n) is 4.16. The molecule has 2 amide bonds. The average Bonchev–Trinajstić information content (AvgIpc) is 2.96. The Morgan fingerprint density at radius 3 is 2.35 bits per heavy atom. The van der Waals surface area contributed by atoms with Gasteiger partial charge in [-0.05, 0) is 37.1 Å². The van der Waals surface area contributed by atoms with E-state index in [1.165, 1.54) is 0 Å². The zero-order valence-corrected chi connectivity index (χ0v) is 14.2.